The smallest absolute Gasteiger partial charge is 0.212 e. The number of hydrogen-bond donors (Lipinski definition) is 0. The van der Waals surface area contributed by atoms with Crippen molar-refractivity contribution in [2.75, 3.05) is 19.0 Å². The van der Waals surface area contributed by atoms with Gasteiger partial charge in [-0.2, -0.15) is 0 Å². The van der Waals surface area contributed by atoms with Crippen LogP contribution in [0.15, 0.2) is 0 Å². The zero-order valence-corrected chi connectivity index (χ0v) is 11.0. The predicted molar refractivity (Wildman–Crippen MR) is 63.7 cm³/mol. The number of nitrogens with zero attached hydrogens (tertiary/aromatic N) is 1. The molecule has 1 aliphatic heterocycles. The van der Waals surface area contributed by atoms with Crippen LogP contribution in [0.4, 0.5) is 0 Å². The molecule has 1 atom stereocenters. The molecule has 1 rings (SSSR count). The highest BCUT2D eigenvalue weighted by Gasteiger charge is 2.27. The maximum Gasteiger partial charge on any atom is 0.216 e. The lowest BCUT2D eigenvalue weighted by Crippen LogP contribution is -2.37. The molecule has 0 aromatic carbocycles. The zero-order chi connectivity index (χ0) is 11.5. The molecule has 0 radical (unpaired) electrons. The predicted octanol–water partition coefficient (Wildman–Crippen LogP) is 2.07. The summed E-state index contributed by atoms with van der Waals surface area (Å²) >= 11 is 5.81. The van der Waals surface area contributed by atoms with Crippen LogP contribution in [0.2, 0.25) is 0 Å². The van der Waals surface area contributed by atoms with Crippen LogP contribution in [0.3, 0.4) is 0 Å². The molecule has 0 spiro atoms. The van der Waals surface area contributed by atoms with Crippen LogP contribution >= 0.6 is 11.6 Å². The molecule has 0 aromatic heterocycles. The first-order valence-electron chi connectivity index (χ1n) is 5.53. The second-order valence-electron chi connectivity index (χ2n) is 4.44. The van der Waals surface area contributed by atoms with E-state index in [0.29, 0.717) is 24.9 Å². The fraction of sp³-hybridized carbons (Fsp3) is 1.00. The molecule has 0 amide bonds. The third-order valence-electron chi connectivity index (χ3n) is 2.98. The van der Waals surface area contributed by atoms with E-state index in [-0.39, 0.29) is 5.25 Å². The van der Waals surface area contributed by atoms with Crippen LogP contribution in [0.25, 0.3) is 0 Å². The van der Waals surface area contributed by atoms with Crippen LogP contribution in [0.1, 0.15) is 33.1 Å². The van der Waals surface area contributed by atoms with E-state index < -0.39 is 10.0 Å². The van der Waals surface area contributed by atoms with Crippen LogP contribution in [-0.2, 0) is 10.0 Å². The Balaban J connectivity index is 2.66. The average molecular weight is 254 g/mol. The van der Waals surface area contributed by atoms with E-state index in [2.05, 4.69) is 0 Å². The largest absolute Gasteiger partial charge is 0.216 e. The molecule has 90 valence electrons. The lowest BCUT2D eigenvalue weighted by atomic mass is 10.0. The van der Waals surface area contributed by atoms with Crippen molar-refractivity contribution >= 4 is 21.6 Å². The second kappa shape index (κ2) is 5.51. The van der Waals surface area contributed by atoms with Gasteiger partial charge in [-0.3, -0.25) is 0 Å². The van der Waals surface area contributed by atoms with Crippen molar-refractivity contribution in [3.63, 3.8) is 0 Å². The van der Waals surface area contributed by atoms with Gasteiger partial charge < -0.3 is 0 Å². The van der Waals surface area contributed by atoms with E-state index in [1.807, 2.05) is 0 Å². The highest BCUT2D eigenvalue weighted by Crippen LogP contribution is 2.21. The Morgan fingerprint density at radius 3 is 2.53 bits per heavy atom. The maximum atomic E-state index is 11.9. The van der Waals surface area contributed by atoms with Gasteiger partial charge in [0.1, 0.15) is 0 Å². The first-order valence-corrected chi connectivity index (χ1v) is 7.57. The van der Waals surface area contributed by atoms with Crippen molar-refractivity contribution in [3.05, 3.63) is 0 Å². The van der Waals surface area contributed by atoms with Gasteiger partial charge in [0.05, 0.1) is 5.25 Å². The molecule has 1 aliphatic rings. The summed E-state index contributed by atoms with van der Waals surface area (Å²) in [7, 11) is -3.06. The first kappa shape index (κ1) is 13.3. The van der Waals surface area contributed by atoms with E-state index >= 15 is 0 Å². The molecule has 0 bridgehead atoms. The molecule has 3 nitrogen and oxygen atoms in total. The summed E-state index contributed by atoms with van der Waals surface area (Å²) < 4.78 is 25.5. The van der Waals surface area contributed by atoms with E-state index in [4.69, 9.17) is 11.6 Å². The van der Waals surface area contributed by atoms with Gasteiger partial charge >= 0.3 is 0 Å². The highest BCUT2D eigenvalue weighted by molar-refractivity contribution is 7.89. The minimum Gasteiger partial charge on any atom is -0.212 e. The molecule has 5 heteroatoms. The molecule has 1 saturated heterocycles. The van der Waals surface area contributed by atoms with Crippen LogP contribution in [-0.4, -0.2) is 36.9 Å². The molecular weight excluding hydrogens is 234 g/mol. The summed E-state index contributed by atoms with van der Waals surface area (Å²) in [6.45, 7) is 4.77. The molecule has 0 N–H and O–H groups in total. The molecule has 15 heavy (non-hydrogen) atoms. The maximum absolute atomic E-state index is 11.9. The van der Waals surface area contributed by atoms with Crippen molar-refractivity contribution in [2.45, 2.75) is 38.4 Å². The summed E-state index contributed by atoms with van der Waals surface area (Å²) in [6, 6.07) is 0. The van der Waals surface area contributed by atoms with Crippen LogP contribution < -0.4 is 0 Å². The fourth-order valence-electron chi connectivity index (χ4n) is 1.85. The van der Waals surface area contributed by atoms with Crippen molar-refractivity contribution in [1.29, 1.82) is 0 Å². The van der Waals surface area contributed by atoms with Crippen molar-refractivity contribution in [2.24, 2.45) is 5.92 Å². The normalized spacial score (nSPS) is 25.5. The Hall–Kier alpha value is 0.200. The Morgan fingerprint density at radius 2 is 2.00 bits per heavy atom. The Labute approximate surface area is 97.8 Å². The SMILES string of the molecule is CC(C)S(=O)(=O)N1CCCC(CCl)CC1. The Kier molecular flexibility index (Phi) is 4.87. The van der Waals surface area contributed by atoms with Gasteiger partial charge in [0.2, 0.25) is 10.0 Å². The molecule has 0 aliphatic carbocycles. The number of alkyl halides is 1. The van der Waals surface area contributed by atoms with Gasteiger partial charge in [-0.25, -0.2) is 12.7 Å². The summed E-state index contributed by atoms with van der Waals surface area (Å²) in [4.78, 5) is 0. The van der Waals surface area contributed by atoms with E-state index in [0.717, 1.165) is 19.3 Å². The topological polar surface area (TPSA) is 37.4 Å². The lowest BCUT2D eigenvalue weighted by molar-refractivity contribution is 0.412. The van der Waals surface area contributed by atoms with Gasteiger partial charge in [0.15, 0.2) is 0 Å². The molecule has 0 aromatic rings. The molecular formula is C10H20ClNO2S. The number of halogens is 1. The Bertz CT molecular complexity index is 290. The minimum absolute atomic E-state index is 0.315. The van der Waals surface area contributed by atoms with Crippen molar-refractivity contribution in [3.8, 4) is 0 Å². The minimum atomic E-state index is -3.06. The highest BCUT2D eigenvalue weighted by atomic mass is 35.5. The van der Waals surface area contributed by atoms with Crippen LogP contribution in [0, 0.1) is 5.92 Å². The zero-order valence-electron chi connectivity index (χ0n) is 9.45. The average Bonchev–Trinajstić information content (AvgIpc) is 2.42. The number of sulfonamides is 1. The molecule has 1 unspecified atom stereocenters. The van der Waals surface area contributed by atoms with Crippen molar-refractivity contribution in [1.82, 2.24) is 4.31 Å². The molecule has 1 fully saturated rings. The monoisotopic (exact) mass is 253 g/mol. The fourth-order valence-corrected chi connectivity index (χ4v) is 3.49. The third kappa shape index (κ3) is 3.33. The summed E-state index contributed by atoms with van der Waals surface area (Å²) in [5, 5.41) is -0.315. The van der Waals surface area contributed by atoms with Crippen LogP contribution in [0.5, 0.6) is 0 Å². The van der Waals surface area contributed by atoms with E-state index in [9.17, 15) is 8.42 Å². The summed E-state index contributed by atoms with van der Waals surface area (Å²) in [5.74, 6) is 1.13. The van der Waals surface area contributed by atoms with Gasteiger partial charge in [-0.05, 0) is 39.0 Å². The lowest BCUT2D eigenvalue weighted by Gasteiger charge is -2.22. The quantitative estimate of drug-likeness (QED) is 0.722. The van der Waals surface area contributed by atoms with Gasteiger partial charge in [-0.15, -0.1) is 11.6 Å². The standard InChI is InChI=1S/C10H20ClNO2S/c1-9(2)15(13,14)12-6-3-4-10(8-11)5-7-12/h9-10H,3-8H2,1-2H3. The molecule has 1 heterocycles. The molecule has 0 saturated carbocycles. The van der Waals surface area contributed by atoms with E-state index in [1.54, 1.807) is 18.2 Å². The van der Waals surface area contributed by atoms with Gasteiger partial charge in [0, 0.05) is 19.0 Å². The Morgan fingerprint density at radius 1 is 1.33 bits per heavy atom. The van der Waals surface area contributed by atoms with Gasteiger partial charge in [0.25, 0.3) is 0 Å². The third-order valence-corrected chi connectivity index (χ3v) is 5.69. The first-order chi connectivity index (χ1) is 6.98. The second-order valence-corrected chi connectivity index (χ2v) is 7.24. The van der Waals surface area contributed by atoms with Gasteiger partial charge in [-0.1, -0.05) is 0 Å². The number of hydrogen-bond acceptors (Lipinski definition) is 2. The number of rotatable bonds is 3. The summed E-state index contributed by atoms with van der Waals surface area (Å²) in [5.41, 5.74) is 0. The summed E-state index contributed by atoms with van der Waals surface area (Å²) in [6.07, 6.45) is 2.88. The van der Waals surface area contributed by atoms with Crippen molar-refractivity contribution < 1.29 is 8.42 Å². The van der Waals surface area contributed by atoms with E-state index in [1.165, 1.54) is 0 Å².